The minimum absolute atomic E-state index is 0.0110. The Morgan fingerprint density at radius 3 is 1.67 bits per heavy atom. The van der Waals surface area contributed by atoms with E-state index >= 15 is 0 Å². The van der Waals surface area contributed by atoms with Crippen LogP contribution in [0.4, 0.5) is 0 Å². The SMILES string of the molecule is CCCCCCCCCCC(CCC)C(C)(C)N. The third kappa shape index (κ3) is 9.94. The molecule has 1 unspecified atom stereocenters. The summed E-state index contributed by atoms with van der Waals surface area (Å²) in [4.78, 5) is 0. The molecule has 0 saturated heterocycles. The first kappa shape index (κ1) is 18.0. The van der Waals surface area contributed by atoms with E-state index in [1.54, 1.807) is 0 Å². The van der Waals surface area contributed by atoms with Crippen molar-refractivity contribution in [2.24, 2.45) is 11.7 Å². The molecule has 0 spiro atoms. The van der Waals surface area contributed by atoms with Crippen molar-refractivity contribution >= 4 is 0 Å². The summed E-state index contributed by atoms with van der Waals surface area (Å²) in [5, 5.41) is 0. The second-order valence-corrected chi connectivity index (χ2v) is 6.57. The summed E-state index contributed by atoms with van der Waals surface area (Å²) in [5.74, 6) is 0.711. The highest BCUT2D eigenvalue weighted by Crippen LogP contribution is 2.25. The highest BCUT2D eigenvalue weighted by Gasteiger charge is 2.23. The van der Waals surface area contributed by atoms with Crippen LogP contribution in [0.15, 0.2) is 0 Å². The van der Waals surface area contributed by atoms with Crippen LogP contribution in [0.2, 0.25) is 0 Å². The number of rotatable bonds is 12. The Hall–Kier alpha value is -0.0400. The van der Waals surface area contributed by atoms with Gasteiger partial charge in [-0.3, -0.25) is 0 Å². The Bertz CT molecular complexity index is 169. The lowest BCUT2D eigenvalue weighted by atomic mass is 9.81. The number of nitrogens with two attached hydrogens (primary N) is 1. The number of unbranched alkanes of at least 4 members (excludes halogenated alkanes) is 7. The highest BCUT2D eigenvalue weighted by molar-refractivity contribution is 4.81. The van der Waals surface area contributed by atoms with Crippen molar-refractivity contribution in [1.29, 1.82) is 0 Å². The van der Waals surface area contributed by atoms with Gasteiger partial charge in [0.05, 0.1) is 0 Å². The molecule has 0 rings (SSSR count). The highest BCUT2D eigenvalue weighted by atomic mass is 14.7. The van der Waals surface area contributed by atoms with Crippen LogP contribution >= 0.6 is 0 Å². The van der Waals surface area contributed by atoms with Gasteiger partial charge in [-0.15, -0.1) is 0 Å². The molecule has 110 valence electrons. The van der Waals surface area contributed by atoms with Gasteiger partial charge in [-0.05, 0) is 32.6 Å². The van der Waals surface area contributed by atoms with Crippen molar-refractivity contribution in [2.45, 2.75) is 104 Å². The van der Waals surface area contributed by atoms with Crippen LogP contribution in [0.3, 0.4) is 0 Å². The van der Waals surface area contributed by atoms with Crippen LogP contribution < -0.4 is 5.73 Å². The van der Waals surface area contributed by atoms with Gasteiger partial charge in [0.25, 0.3) is 0 Å². The molecule has 1 nitrogen and oxygen atoms in total. The van der Waals surface area contributed by atoms with E-state index in [4.69, 9.17) is 5.73 Å². The summed E-state index contributed by atoms with van der Waals surface area (Å²) in [6, 6.07) is 0. The average molecular weight is 255 g/mol. The number of hydrogen-bond donors (Lipinski definition) is 1. The molecule has 0 fully saturated rings. The molecule has 0 radical (unpaired) electrons. The maximum atomic E-state index is 6.26. The Kier molecular flexibility index (Phi) is 10.8. The van der Waals surface area contributed by atoms with Gasteiger partial charge in [0.2, 0.25) is 0 Å². The molecular weight excluding hydrogens is 218 g/mol. The van der Waals surface area contributed by atoms with Crippen LogP contribution in [-0.2, 0) is 0 Å². The van der Waals surface area contributed by atoms with E-state index in [9.17, 15) is 0 Å². The van der Waals surface area contributed by atoms with Gasteiger partial charge in [0.1, 0.15) is 0 Å². The lowest BCUT2D eigenvalue weighted by molar-refractivity contribution is 0.273. The summed E-state index contributed by atoms with van der Waals surface area (Å²) >= 11 is 0. The predicted octanol–water partition coefficient (Wildman–Crippen LogP) is 5.67. The molecule has 0 aliphatic rings. The normalized spacial score (nSPS) is 13.8. The molecule has 0 amide bonds. The van der Waals surface area contributed by atoms with E-state index in [1.807, 2.05) is 0 Å². The summed E-state index contributed by atoms with van der Waals surface area (Å²) < 4.78 is 0. The van der Waals surface area contributed by atoms with Crippen LogP contribution in [0.1, 0.15) is 98.3 Å². The van der Waals surface area contributed by atoms with Crippen molar-refractivity contribution in [3.8, 4) is 0 Å². The van der Waals surface area contributed by atoms with E-state index in [0.29, 0.717) is 5.92 Å². The first-order valence-electron chi connectivity index (χ1n) is 8.31. The van der Waals surface area contributed by atoms with Gasteiger partial charge in [-0.25, -0.2) is 0 Å². The van der Waals surface area contributed by atoms with E-state index in [0.717, 1.165) is 0 Å². The molecule has 18 heavy (non-hydrogen) atoms. The zero-order valence-electron chi connectivity index (χ0n) is 13.4. The quantitative estimate of drug-likeness (QED) is 0.447. The maximum absolute atomic E-state index is 6.26. The van der Waals surface area contributed by atoms with Gasteiger partial charge in [0, 0.05) is 5.54 Å². The standard InChI is InChI=1S/C17H37N/c1-5-7-8-9-10-11-12-13-15-16(14-6-2)17(3,4)18/h16H,5-15,18H2,1-4H3. The second kappa shape index (κ2) is 10.8. The van der Waals surface area contributed by atoms with Crippen molar-refractivity contribution in [3.05, 3.63) is 0 Å². The fourth-order valence-electron chi connectivity index (χ4n) is 2.76. The van der Waals surface area contributed by atoms with Gasteiger partial charge in [-0.1, -0.05) is 71.6 Å². The Morgan fingerprint density at radius 1 is 0.722 bits per heavy atom. The van der Waals surface area contributed by atoms with Gasteiger partial charge in [0.15, 0.2) is 0 Å². The summed E-state index contributed by atoms with van der Waals surface area (Å²) in [6.45, 7) is 8.94. The monoisotopic (exact) mass is 255 g/mol. The van der Waals surface area contributed by atoms with Crippen LogP contribution in [0, 0.1) is 5.92 Å². The topological polar surface area (TPSA) is 26.0 Å². The summed E-state index contributed by atoms with van der Waals surface area (Å²) in [5.41, 5.74) is 6.27. The van der Waals surface area contributed by atoms with E-state index in [2.05, 4.69) is 27.7 Å². The molecular formula is C17H37N. The fraction of sp³-hybridized carbons (Fsp3) is 1.00. The predicted molar refractivity (Wildman–Crippen MR) is 83.9 cm³/mol. The fourth-order valence-corrected chi connectivity index (χ4v) is 2.76. The van der Waals surface area contributed by atoms with Crippen molar-refractivity contribution in [2.75, 3.05) is 0 Å². The zero-order valence-corrected chi connectivity index (χ0v) is 13.4. The molecule has 0 aromatic heterocycles. The Morgan fingerprint density at radius 2 is 1.22 bits per heavy atom. The molecule has 0 bridgehead atoms. The van der Waals surface area contributed by atoms with Crippen molar-refractivity contribution in [1.82, 2.24) is 0 Å². The Balaban J connectivity index is 3.50. The van der Waals surface area contributed by atoms with Crippen LogP contribution in [0.5, 0.6) is 0 Å². The Labute approximate surface area is 116 Å². The van der Waals surface area contributed by atoms with Gasteiger partial charge in [-0.2, -0.15) is 0 Å². The second-order valence-electron chi connectivity index (χ2n) is 6.57. The van der Waals surface area contributed by atoms with Gasteiger partial charge < -0.3 is 5.73 Å². The zero-order chi connectivity index (χ0) is 13.9. The van der Waals surface area contributed by atoms with Crippen LogP contribution in [-0.4, -0.2) is 5.54 Å². The van der Waals surface area contributed by atoms with Crippen LogP contribution in [0.25, 0.3) is 0 Å². The molecule has 0 aliphatic carbocycles. The summed E-state index contributed by atoms with van der Waals surface area (Å²) in [6.07, 6.45) is 15.2. The first-order valence-corrected chi connectivity index (χ1v) is 8.31. The molecule has 1 heteroatoms. The summed E-state index contributed by atoms with van der Waals surface area (Å²) in [7, 11) is 0. The maximum Gasteiger partial charge on any atom is 0.0125 e. The lowest BCUT2D eigenvalue weighted by Gasteiger charge is -2.30. The molecule has 1 atom stereocenters. The van der Waals surface area contributed by atoms with E-state index < -0.39 is 0 Å². The molecule has 0 heterocycles. The third-order valence-electron chi connectivity index (χ3n) is 4.10. The molecule has 0 aliphatic heterocycles. The third-order valence-corrected chi connectivity index (χ3v) is 4.10. The average Bonchev–Trinajstić information content (AvgIpc) is 2.30. The number of hydrogen-bond acceptors (Lipinski definition) is 1. The van der Waals surface area contributed by atoms with Gasteiger partial charge >= 0.3 is 0 Å². The minimum Gasteiger partial charge on any atom is -0.325 e. The molecule has 0 saturated carbocycles. The first-order chi connectivity index (χ1) is 8.52. The smallest absolute Gasteiger partial charge is 0.0125 e. The molecule has 0 aromatic carbocycles. The molecule has 0 aromatic rings. The van der Waals surface area contributed by atoms with E-state index in [1.165, 1.54) is 70.6 Å². The largest absolute Gasteiger partial charge is 0.325 e. The lowest BCUT2D eigenvalue weighted by Crippen LogP contribution is -2.40. The minimum atomic E-state index is 0.0110. The van der Waals surface area contributed by atoms with Crippen molar-refractivity contribution in [3.63, 3.8) is 0 Å². The van der Waals surface area contributed by atoms with E-state index in [-0.39, 0.29) is 5.54 Å². The van der Waals surface area contributed by atoms with Crippen molar-refractivity contribution < 1.29 is 0 Å². The molecule has 2 N–H and O–H groups in total.